The van der Waals surface area contributed by atoms with E-state index in [1.165, 1.54) is 5.39 Å². The predicted octanol–water partition coefficient (Wildman–Crippen LogP) is 30.1. The fraction of sp³-hybridized carbons (Fsp3) is 0. The second-order valence-corrected chi connectivity index (χ2v) is 31.0. The van der Waals surface area contributed by atoms with Gasteiger partial charge in [0.1, 0.15) is 22.3 Å². The molecule has 118 heavy (non-hydrogen) atoms. The summed E-state index contributed by atoms with van der Waals surface area (Å²) < 4.78 is 27.7. The summed E-state index contributed by atoms with van der Waals surface area (Å²) in [5, 5.41) is 20.4. The highest BCUT2D eigenvalue weighted by Gasteiger charge is 2.32. The SMILES string of the molecule is c1ccc(-c2ccc3c(ccc[n+]3-c3cc4oc5c(N(c6ccc7ccccc7c6)c6cccc7c6c6ccccc6n7-c6ccccc6)ccc6c7ccc(-c8ccc(-c9ccc%10c(c9)oc9ccccc9%10)c(-c9ccncc9)c8)c8oc9c(N(c%10ccccc%10)c%10cccc%11cc%12ccccc%12cc%10%11)ccc(c(c3)c4c56)c9c87)c2)cc1. The molecule has 0 radical (unpaired) electrons. The molecular weight excluding hydrogens is 1440 g/mol. The van der Waals surface area contributed by atoms with E-state index < -0.39 is 0 Å². The van der Waals surface area contributed by atoms with Crippen LogP contribution in [0.5, 0.6) is 0 Å². The molecule has 25 aromatic rings. The van der Waals surface area contributed by atoms with Crippen LogP contribution >= 0.6 is 0 Å². The van der Waals surface area contributed by atoms with Crippen molar-refractivity contribution >= 4 is 187 Å². The maximum absolute atomic E-state index is 8.23. The predicted molar refractivity (Wildman–Crippen MR) is 489 cm³/mol. The molecule has 19 aromatic carbocycles. The van der Waals surface area contributed by atoms with E-state index in [9.17, 15) is 0 Å². The van der Waals surface area contributed by atoms with Crippen molar-refractivity contribution in [2.24, 2.45) is 0 Å². The fourth-order valence-electron chi connectivity index (χ4n) is 19.3. The van der Waals surface area contributed by atoms with Crippen LogP contribution in [0, 0.1) is 0 Å². The Hall–Kier alpha value is -15.9. The zero-order valence-corrected chi connectivity index (χ0v) is 63.6. The van der Waals surface area contributed by atoms with Gasteiger partial charge in [-0.3, -0.25) is 4.98 Å². The number of pyridine rings is 2. The van der Waals surface area contributed by atoms with E-state index in [0.717, 1.165) is 237 Å². The van der Waals surface area contributed by atoms with Gasteiger partial charge in [0.2, 0.25) is 11.2 Å². The van der Waals surface area contributed by atoms with Crippen LogP contribution in [-0.2, 0) is 0 Å². The second kappa shape index (κ2) is 25.8. The van der Waals surface area contributed by atoms with Crippen molar-refractivity contribution in [3.8, 4) is 55.9 Å². The van der Waals surface area contributed by atoms with Gasteiger partial charge in [0, 0.05) is 112 Å². The Kier molecular flexibility index (Phi) is 14.4. The van der Waals surface area contributed by atoms with Crippen LogP contribution in [0.4, 0.5) is 34.1 Å². The van der Waals surface area contributed by atoms with Crippen molar-refractivity contribution in [1.29, 1.82) is 0 Å². The number of anilines is 6. The highest BCUT2D eigenvalue weighted by Crippen LogP contribution is 2.56. The minimum Gasteiger partial charge on any atom is -0.456 e. The Labute approximate surface area is 675 Å². The van der Waals surface area contributed by atoms with Crippen molar-refractivity contribution in [3.05, 3.63) is 401 Å². The van der Waals surface area contributed by atoms with Crippen LogP contribution in [0.15, 0.2) is 414 Å². The third kappa shape index (κ3) is 10.0. The summed E-state index contributed by atoms with van der Waals surface area (Å²) in [6, 6.07) is 139. The van der Waals surface area contributed by atoms with Gasteiger partial charge in [0.15, 0.2) is 17.4 Å². The van der Waals surface area contributed by atoms with Gasteiger partial charge in [-0.15, -0.1) is 0 Å². The summed E-state index contributed by atoms with van der Waals surface area (Å²) in [6.45, 7) is 0. The number of furan rings is 3. The van der Waals surface area contributed by atoms with Gasteiger partial charge in [-0.25, -0.2) is 0 Å². The third-order valence-electron chi connectivity index (χ3n) is 24.6. The summed E-state index contributed by atoms with van der Waals surface area (Å²) in [6.07, 6.45) is 5.96. The second-order valence-electron chi connectivity index (χ2n) is 31.0. The molecule has 6 aromatic heterocycles. The zero-order chi connectivity index (χ0) is 77.2. The van der Waals surface area contributed by atoms with Crippen LogP contribution in [0.2, 0.25) is 0 Å². The molecule has 0 fully saturated rings. The van der Waals surface area contributed by atoms with Crippen LogP contribution in [-0.4, -0.2) is 9.55 Å². The molecule has 0 spiro atoms. The van der Waals surface area contributed by atoms with E-state index in [2.05, 4.69) is 400 Å². The number of hydrogen-bond donors (Lipinski definition) is 0. The molecule has 0 saturated carbocycles. The van der Waals surface area contributed by atoms with Gasteiger partial charge >= 0.3 is 0 Å². The molecule has 6 heterocycles. The normalized spacial score (nSPS) is 12.1. The minimum atomic E-state index is 0.739. The van der Waals surface area contributed by atoms with Crippen molar-refractivity contribution in [1.82, 2.24) is 9.55 Å². The molecule has 548 valence electrons. The topological polar surface area (TPSA) is 67.6 Å². The number of hydrogen-bond acceptors (Lipinski definition) is 6. The van der Waals surface area contributed by atoms with E-state index in [0.29, 0.717) is 0 Å². The molecule has 0 N–H and O–H groups in total. The van der Waals surface area contributed by atoms with E-state index in [1.807, 2.05) is 24.5 Å². The van der Waals surface area contributed by atoms with Gasteiger partial charge in [-0.05, 0) is 228 Å². The molecule has 0 bridgehead atoms. The molecule has 8 heteroatoms. The zero-order valence-electron chi connectivity index (χ0n) is 63.6. The number of aromatic nitrogens is 3. The number of para-hydroxylation sites is 4. The van der Waals surface area contributed by atoms with Gasteiger partial charge in [-0.1, -0.05) is 212 Å². The van der Waals surface area contributed by atoms with Crippen LogP contribution in [0.3, 0.4) is 0 Å². The summed E-state index contributed by atoms with van der Waals surface area (Å²) in [7, 11) is 0. The van der Waals surface area contributed by atoms with Gasteiger partial charge < -0.3 is 27.6 Å². The molecule has 0 aliphatic heterocycles. The summed E-state index contributed by atoms with van der Waals surface area (Å²) in [5.74, 6) is 0. The maximum atomic E-state index is 8.23. The summed E-state index contributed by atoms with van der Waals surface area (Å²) in [4.78, 5) is 9.44. The van der Waals surface area contributed by atoms with Gasteiger partial charge in [0.25, 0.3) is 0 Å². The highest BCUT2D eigenvalue weighted by atomic mass is 16.3. The first kappa shape index (κ1) is 65.6. The van der Waals surface area contributed by atoms with Crippen LogP contribution < -0.4 is 14.4 Å². The van der Waals surface area contributed by atoms with Crippen molar-refractivity contribution in [3.63, 3.8) is 0 Å². The quantitative estimate of drug-likeness (QED) is 0.0897. The smallest absolute Gasteiger partial charge is 0.218 e. The number of nitrogens with zero attached hydrogens (tertiary/aromatic N) is 5. The first-order valence-corrected chi connectivity index (χ1v) is 40.2. The largest absolute Gasteiger partial charge is 0.456 e. The third-order valence-corrected chi connectivity index (χ3v) is 24.6. The molecule has 8 nitrogen and oxygen atoms in total. The van der Waals surface area contributed by atoms with Crippen molar-refractivity contribution in [2.45, 2.75) is 0 Å². The maximum Gasteiger partial charge on any atom is 0.218 e. The van der Waals surface area contributed by atoms with E-state index in [4.69, 9.17) is 13.3 Å². The average molecular weight is 1510 g/mol. The van der Waals surface area contributed by atoms with Crippen LogP contribution in [0.25, 0.3) is 208 Å². The molecule has 0 aliphatic carbocycles. The van der Waals surface area contributed by atoms with E-state index in [1.54, 1.807) is 0 Å². The van der Waals surface area contributed by atoms with E-state index >= 15 is 0 Å². The lowest BCUT2D eigenvalue weighted by molar-refractivity contribution is -0.567. The van der Waals surface area contributed by atoms with Crippen molar-refractivity contribution in [2.75, 3.05) is 9.80 Å². The number of benzene rings is 18. The lowest BCUT2D eigenvalue weighted by Crippen LogP contribution is -2.30. The summed E-state index contributed by atoms with van der Waals surface area (Å²) >= 11 is 0. The number of rotatable bonds is 12. The average Bonchev–Trinajstić information content (AvgIpc) is 1.52. The molecule has 0 atom stereocenters. The molecule has 25 rings (SSSR count). The molecule has 0 unspecified atom stereocenters. The summed E-state index contributed by atoms with van der Waals surface area (Å²) in [5.41, 5.74) is 24.2. The Balaban J connectivity index is 0.821. The lowest BCUT2D eigenvalue weighted by atomic mass is 9.89. The standard InChI is InChI=1S/C110H66N5O3/c1-4-21-67(22-5-1)73-43-51-93-77(60-73)28-20-58-112(93)81-65-92-88-50-53-99(114(79-31-8-3-9-32-79)95-36-18-27-74-59-70-24-12-13-26-72(70)62-91(74)95)110-107(88)106-86(48-47-83(108(106)118-110)75-41-45-82(90(63-75)69-54-56-111-57-55-69)76-42-46-85-84-33-15-17-39-100(84)116-101(85)64-76)87-49-52-98(109-105(87)104(92)102(66-81)117-109)115(80-44-40-68-23-10-11-25-71(68)61-80)97-38-19-37-96-103(97)89-34-14-16-35-94(89)113(96)78-29-6-2-7-30-78/h1-66H/q+1. The van der Waals surface area contributed by atoms with E-state index in [-0.39, 0.29) is 0 Å². The molecule has 0 aliphatic rings. The fourth-order valence-corrected chi connectivity index (χ4v) is 19.3. The first-order chi connectivity index (χ1) is 58.5. The lowest BCUT2D eigenvalue weighted by Gasteiger charge is -2.27. The molecular formula is C110H66N5O3+. The Morgan fingerprint density at radius 3 is 1.69 bits per heavy atom. The first-order valence-electron chi connectivity index (χ1n) is 40.2. The molecule has 0 amide bonds. The minimum absolute atomic E-state index is 0.739. The van der Waals surface area contributed by atoms with Gasteiger partial charge in [-0.2, -0.15) is 4.57 Å². The Bertz CT molecular complexity index is 8450. The Morgan fingerprint density at radius 2 is 0.856 bits per heavy atom. The Morgan fingerprint density at radius 1 is 0.254 bits per heavy atom. The monoisotopic (exact) mass is 1500 g/mol. The van der Waals surface area contributed by atoms with Crippen LogP contribution in [0.1, 0.15) is 0 Å². The van der Waals surface area contributed by atoms with Gasteiger partial charge in [0.05, 0.1) is 39.8 Å². The number of fused-ring (bicyclic) bond motifs is 12. The van der Waals surface area contributed by atoms with Crippen molar-refractivity contribution < 1.29 is 17.8 Å². The molecule has 0 saturated heterocycles. The highest BCUT2D eigenvalue weighted by molar-refractivity contribution is 6.39.